The number of likely N-dealkylation sites (tertiary alicyclic amines) is 1. The van der Waals surface area contributed by atoms with Gasteiger partial charge in [0.05, 0.1) is 0 Å². The van der Waals surface area contributed by atoms with Crippen LogP contribution in [0.15, 0.2) is 0 Å². The topological polar surface area (TPSA) is 119 Å². The van der Waals surface area contributed by atoms with Crippen molar-refractivity contribution in [2.24, 2.45) is 0 Å². The summed E-state index contributed by atoms with van der Waals surface area (Å²) in [6.07, 6.45) is 2.87. The molecule has 7 nitrogen and oxygen atoms in total. The predicted octanol–water partition coefficient (Wildman–Crippen LogP) is 0.593. The van der Waals surface area contributed by atoms with Crippen molar-refractivity contribution >= 4 is 24.0 Å². The zero-order valence-corrected chi connectivity index (χ0v) is 8.20. The maximum atomic E-state index is 10.7. The lowest BCUT2D eigenvalue weighted by Crippen LogP contribution is -2.29. The molecule has 0 aromatic rings. The van der Waals surface area contributed by atoms with Crippen LogP contribution in [-0.4, -0.2) is 35.4 Å². The van der Waals surface area contributed by atoms with Crippen LogP contribution in [0.5, 0.6) is 0 Å². The van der Waals surface area contributed by atoms with Gasteiger partial charge in [0, 0.05) is 19.9 Å². The summed E-state index contributed by atoms with van der Waals surface area (Å²) in [5, 5.41) is 10.8. The van der Waals surface area contributed by atoms with Gasteiger partial charge >= 0.3 is 0 Å². The molecule has 0 bridgehead atoms. The average molecular weight is 229 g/mol. The van der Waals surface area contributed by atoms with E-state index in [2.05, 4.69) is 0 Å². The third-order valence-electron chi connectivity index (χ3n) is 1.45. The van der Waals surface area contributed by atoms with Crippen molar-refractivity contribution in [2.45, 2.75) is 27.2 Å². The summed E-state index contributed by atoms with van der Waals surface area (Å²) in [7, 11) is 0. The van der Waals surface area contributed by atoms with E-state index in [9.17, 15) is 9.59 Å². The summed E-state index contributed by atoms with van der Waals surface area (Å²) in [6, 6.07) is 0. The molecular weight excluding hydrogens is 214 g/mol. The van der Waals surface area contributed by atoms with Crippen LogP contribution >= 0.6 is 0 Å². The highest BCUT2D eigenvalue weighted by molar-refractivity contribution is 5.95. The van der Waals surface area contributed by atoms with E-state index in [4.69, 9.17) is 20.4 Å². The second-order valence-electron chi connectivity index (χ2n) is 2.37. The number of hydrogen-bond acceptors (Lipinski definition) is 6. The number of hydrogen-bond donors (Lipinski definition) is 2. The van der Waals surface area contributed by atoms with Crippen molar-refractivity contribution in [3.8, 4) is 0 Å². The Morgan fingerprint density at radius 3 is 1.81 bits per heavy atom. The summed E-state index contributed by atoms with van der Waals surface area (Å²) < 4.78 is 0. The SMILES string of the molecule is C.CC(=O)N1CCCC1=O.N=C=O.N=C=O. The highest BCUT2D eigenvalue weighted by Gasteiger charge is 2.22. The zero-order valence-electron chi connectivity index (χ0n) is 8.20. The first-order valence-corrected chi connectivity index (χ1v) is 3.93. The Labute approximate surface area is 93.4 Å². The van der Waals surface area contributed by atoms with E-state index in [1.807, 2.05) is 0 Å². The largest absolute Gasteiger partial charge is 0.283 e. The highest BCUT2D eigenvalue weighted by atomic mass is 16.2. The van der Waals surface area contributed by atoms with Crippen molar-refractivity contribution in [2.75, 3.05) is 6.54 Å². The Balaban J connectivity index is -0.000000207. The second-order valence-corrected chi connectivity index (χ2v) is 2.37. The predicted molar refractivity (Wildman–Crippen MR) is 55.2 cm³/mol. The lowest BCUT2D eigenvalue weighted by molar-refractivity contribution is -0.140. The lowest BCUT2D eigenvalue weighted by atomic mass is 10.4. The highest BCUT2D eigenvalue weighted by Crippen LogP contribution is 2.08. The summed E-state index contributed by atoms with van der Waals surface area (Å²) in [5.41, 5.74) is 0. The van der Waals surface area contributed by atoms with Crippen LogP contribution in [-0.2, 0) is 19.2 Å². The van der Waals surface area contributed by atoms with E-state index in [-0.39, 0.29) is 19.2 Å². The molecule has 1 aliphatic rings. The van der Waals surface area contributed by atoms with Crippen LogP contribution in [0.1, 0.15) is 27.2 Å². The molecule has 0 unspecified atom stereocenters. The van der Waals surface area contributed by atoms with Gasteiger partial charge in [-0.05, 0) is 6.42 Å². The molecule has 1 rings (SSSR count). The number of nitrogens with one attached hydrogen (secondary N) is 2. The summed E-state index contributed by atoms with van der Waals surface area (Å²) in [6.45, 7) is 2.04. The van der Waals surface area contributed by atoms with Crippen LogP contribution < -0.4 is 0 Å². The standard InChI is InChI=1S/C6H9NO2.2CHNO.CH4/c1-5(8)7-4-2-3-6(7)9;2*2-1-3;/h2-4H2,1H3;2*2H;1H4. The minimum absolute atomic E-state index is 0. The van der Waals surface area contributed by atoms with E-state index < -0.39 is 0 Å². The first-order chi connectivity index (χ1) is 7.04. The number of isocyanates is 2. The van der Waals surface area contributed by atoms with Gasteiger partial charge < -0.3 is 0 Å². The fraction of sp³-hybridized carbons (Fsp3) is 0.556. The van der Waals surface area contributed by atoms with E-state index >= 15 is 0 Å². The number of nitrogens with zero attached hydrogens (tertiary/aromatic N) is 1. The van der Waals surface area contributed by atoms with Crippen LogP contribution in [0.4, 0.5) is 0 Å². The van der Waals surface area contributed by atoms with Gasteiger partial charge in [-0.3, -0.25) is 14.5 Å². The summed E-state index contributed by atoms with van der Waals surface area (Å²) in [5.74, 6) is -0.153. The molecule has 0 aliphatic carbocycles. The van der Waals surface area contributed by atoms with Crippen LogP contribution in [0, 0.1) is 10.8 Å². The molecule has 0 radical (unpaired) electrons. The Morgan fingerprint density at radius 2 is 1.69 bits per heavy atom. The Kier molecular flexibility index (Phi) is 15.7. The molecule has 0 spiro atoms. The maximum Gasteiger partial charge on any atom is 0.231 e. The maximum absolute atomic E-state index is 10.7. The van der Waals surface area contributed by atoms with Gasteiger partial charge in [0.25, 0.3) is 0 Å². The first-order valence-electron chi connectivity index (χ1n) is 3.93. The van der Waals surface area contributed by atoms with E-state index in [0.717, 1.165) is 18.6 Å². The molecule has 0 aromatic carbocycles. The van der Waals surface area contributed by atoms with E-state index in [1.165, 1.54) is 11.8 Å². The van der Waals surface area contributed by atoms with Crippen molar-refractivity contribution < 1.29 is 19.2 Å². The molecule has 2 amide bonds. The summed E-state index contributed by atoms with van der Waals surface area (Å²) >= 11 is 0. The Hall–Kier alpha value is -2.10. The lowest BCUT2D eigenvalue weighted by Gasteiger charge is -2.08. The molecule has 0 saturated carbocycles. The third kappa shape index (κ3) is 9.98. The fourth-order valence-corrected chi connectivity index (χ4v) is 0.981. The summed E-state index contributed by atoms with van der Waals surface area (Å²) in [4.78, 5) is 39.3. The smallest absolute Gasteiger partial charge is 0.231 e. The number of carbonyl (C=O) groups is 2. The minimum atomic E-state index is -0.127. The van der Waals surface area contributed by atoms with Gasteiger partial charge in [-0.1, -0.05) is 7.43 Å². The molecule has 90 valence electrons. The second kappa shape index (κ2) is 12.9. The van der Waals surface area contributed by atoms with Crippen LogP contribution in [0.3, 0.4) is 0 Å². The van der Waals surface area contributed by atoms with Crippen molar-refractivity contribution in [1.82, 2.24) is 4.90 Å². The zero-order chi connectivity index (χ0) is 12.3. The number of carbonyl (C=O) groups excluding carboxylic acids is 4. The van der Waals surface area contributed by atoms with Gasteiger partial charge in [0.1, 0.15) is 0 Å². The normalized spacial score (nSPS) is 11.6. The van der Waals surface area contributed by atoms with Gasteiger partial charge in [-0.15, -0.1) is 0 Å². The Morgan fingerprint density at radius 1 is 1.31 bits per heavy atom. The van der Waals surface area contributed by atoms with Crippen molar-refractivity contribution in [3.05, 3.63) is 0 Å². The van der Waals surface area contributed by atoms with Gasteiger partial charge in [-0.2, -0.15) is 0 Å². The number of imide groups is 1. The molecule has 0 atom stereocenters. The number of amides is 2. The molecule has 1 heterocycles. The molecule has 1 fully saturated rings. The molecule has 2 N–H and O–H groups in total. The number of rotatable bonds is 0. The van der Waals surface area contributed by atoms with Crippen LogP contribution in [0.2, 0.25) is 0 Å². The van der Waals surface area contributed by atoms with Gasteiger partial charge in [0.15, 0.2) is 0 Å². The minimum Gasteiger partial charge on any atom is -0.283 e. The molecule has 0 aromatic heterocycles. The van der Waals surface area contributed by atoms with E-state index in [0.29, 0.717) is 13.0 Å². The fourth-order valence-electron chi connectivity index (χ4n) is 0.981. The van der Waals surface area contributed by atoms with Gasteiger partial charge in [-0.25, -0.2) is 20.4 Å². The van der Waals surface area contributed by atoms with Crippen molar-refractivity contribution in [1.29, 1.82) is 10.8 Å². The Bertz CT molecular complexity index is 277. The molecule has 16 heavy (non-hydrogen) atoms. The van der Waals surface area contributed by atoms with E-state index in [1.54, 1.807) is 0 Å². The first kappa shape index (κ1) is 19.5. The molecule has 7 heteroatoms. The average Bonchev–Trinajstić information content (AvgIpc) is 2.54. The quantitative estimate of drug-likeness (QED) is 0.466. The third-order valence-corrected chi connectivity index (χ3v) is 1.45. The monoisotopic (exact) mass is 229 g/mol. The molecular formula is C9H15N3O4. The van der Waals surface area contributed by atoms with Crippen LogP contribution in [0.25, 0.3) is 0 Å². The van der Waals surface area contributed by atoms with Crippen molar-refractivity contribution in [3.63, 3.8) is 0 Å². The molecule has 1 saturated heterocycles. The molecule has 1 aliphatic heterocycles. The van der Waals surface area contributed by atoms with Gasteiger partial charge in [0.2, 0.25) is 24.0 Å².